The van der Waals surface area contributed by atoms with Crippen molar-refractivity contribution in [2.45, 2.75) is 6.42 Å². The van der Waals surface area contributed by atoms with Gasteiger partial charge in [0.15, 0.2) is 11.6 Å². The van der Waals surface area contributed by atoms with E-state index < -0.39 is 11.6 Å². The molecule has 0 heterocycles. The van der Waals surface area contributed by atoms with Crippen LogP contribution in [0.1, 0.15) is 5.56 Å². The molecule has 0 aliphatic rings. The first-order valence-corrected chi connectivity index (χ1v) is 7.76. The maximum atomic E-state index is 13.2. The summed E-state index contributed by atoms with van der Waals surface area (Å²) in [6, 6.07) is 20.1. The maximum Gasteiger partial charge on any atom is 0.228 e. The fraction of sp³-hybridized carbons (Fsp3) is 0.0500. The average Bonchev–Trinajstić information content (AvgIpc) is 2.61. The molecule has 0 unspecified atom stereocenters. The second-order valence-corrected chi connectivity index (χ2v) is 5.54. The minimum Gasteiger partial charge on any atom is -0.355 e. The molecule has 3 rings (SSSR count). The van der Waals surface area contributed by atoms with E-state index in [2.05, 4.69) is 10.6 Å². The number of amides is 1. The summed E-state index contributed by atoms with van der Waals surface area (Å²) in [5.74, 6) is -1.90. The quantitative estimate of drug-likeness (QED) is 0.695. The largest absolute Gasteiger partial charge is 0.355 e. The Balaban J connectivity index is 1.60. The molecule has 3 aromatic carbocycles. The van der Waals surface area contributed by atoms with Crippen molar-refractivity contribution in [2.24, 2.45) is 0 Å². The fourth-order valence-electron chi connectivity index (χ4n) is 2.36. The zero-order valence-corrected chi connectivity index (χ0v) is 13.3. The summed E-state index contributed by atoms with van der Waals surface area (Å²) in [5.41, 5.74) is 2.75. The summed E-state index contributed by atoms with van der Waals surface area (Å²) in [4.78, 5) is 12.0. The lowest BCUT2D eigenvalue weighted by Crippen LogP contribution is -2.14. The smallest absolute Gasteiger partial charge is 0.228 e. The highest BCUT2D eigenvalue weighted by atomic mass is 19.2. The Kier molecular flexibility index (Phi) is 5.04. The van der Waals surface area contributed by atoms with E-state index in [4.69, 9.17) is 0 Å². The van der Waals surface area contributed by atoms with Crippen LogP contribution in [0.3, 0.4) is 0 Å². The van der Waals surface area contributed by atoms with Gasteiger partial charge in [0.1, 0.15) is 0 Å². The average molecular weight is 338 g/mol. The molecule has 0 aliphatic heterocycles. The van der Waals surface area contributed by atoms with Crippen LogP contribution in [0.25, 0.3) is 0 Å². The van der Waals surface area contributed by atoms with Crippen molar-refractivity contribution in [3.63, 3.8) is 0 Å². The normalized spacial score (nSPS) is 10.3. The van der Waals surface area contributed by atoms with Crippen LogP contribution in [-0.4, -0.2) is 5.91 Å². The molecule has 0 radical (unpaired) electrons. The highest BCUT2D eigenvalue weighted by molar-refractivity contribution is 5.92. The van der Waals surface area contributed by atoms with Gasteiger partial charge >= 0.3 is 0 Å². The molecule has 3 aromatic rings. The van der Waals surface area contributed by atoms with Crippen molar-refractivity contribution in [3.05, 3.63) is 90.0 Å². The lowest BCUT2D eigenvalue weighted by Gasteiger charge is -2.09. The zero-order valence-electron chi connectivity index (χ0n) is 13.3. The lowest BCUT2D eigenvalue weighted by molar-refractivity contribution is -0.115. The molecule has 0 aromatic heterocycles. The number of anilines is 3. The van der Waals surface area contributed by atoms with Gasteiger partial charge in [0.25, 0.3) is 0 Å². The van der Waals surface area contributed by atoms with E-state index in [1.807, 2.05) is 30.3 Å². The number of nitrogens with one attached hydrogen (secondary N) is 2. The van der Waals surface area contributed by atoms with Gasteiger partial charge in [0, 0.05) is 23.1 Å². The van der Waals surface area contributed by atoms with Crippen molar-refractivity contribution < 1.29 is 13.6 Å². The van der Waals surface area contributed by atoms with E-state index in [0.29, 0.717) is 23.5 Å². The summed E-state index contributed by atoms with van der Waals surface area (Å²) in [6.45, 7) is 0. The Morgan fingerprint density at radius 2 is 1.40 bits per heavy atom. The van der Waals surface area contributed by atoms with E-state index in [0.717, 1.165) is 17.7 Å². The zero-order chi connectivity index (χ0) is 17.6. The highest BCUT2D eigenvalue weighted by Gasteiger charge is 2.05. The number of hydrogen-bond donors (Lipinski definition) is 2. The predicted octanol–water partition coefficient (Wildman–Crippen LogP) is 4.89. The van der Waals surface area contributed by atoms with Crippen LogP contribution < -0.4 is 10.6 Å². The van der Waals surface area contributed by atoms with Gasteiger partial charge in [-0.15, -0.1) is 0 Å². The van der Waals surface area contributed by atoms with E-state index in [1.165, 1.54) is 6.07 Å². The maximum absolute atomic E-state index is 13.2. The molecule has 0 atom stereocenters. The Labute approximate surface area is 144 Å². The van der Waals surface area contributed by atoms with Crippen molar-refractivity contribution >= 4 is 23.0 Å². The van der Waals surface area contributed by atoms with Gasteiger partial charge in [-0.25, -0.2) is 8.78 Å². The molecule has 0 aliphatic carbocycles. The fourth-order valence-corrected chi connectivity index (χ4v) is 2.36. The molecule has 3 nitrogen and oxygen atoms in total. The van der Waals surface area contributed by atoms with Gasteiger partial charge in [-0.05, 0) is 42.0 Å². The summed E-state index contributed by atoms with van der Waals surface area (Å²) in [5, 5.41) is 5.79. The lowest BCUT2D eigenvalue weighted by atomic mass is 10.1. The predicted molar refractivity (Wildman–Crippen MR) is 94.9 cm³/mol. The number of rotatable bonds is 5. The third-order valence-electron chi connectivity index (χ3n) is 3.58. The van der Waals surface area contributed by atoms with Crippen LogP contribution in [0.5, 0.6) is 0 Å². The summed E-state index contributed by atoms with van der Waals surface area (Å²) >= 11 is 0. The van der Waals surface area contributed by atoms with Crippen LogP contribution in [0.4, 0.5) is 25.8 Å². The number of hydrogen-bond acceptors (Lipinski definition) is 2. The molecule has 5 heteroatoms. The van der Waals surface area contributed by atoms with Gasteiger partial charge in [-0.3, -0.25) is 4.79 Å². The molecular formula is C20H16F2N2O. The minimum absolute atomic E-state index is 0.104. The molecule has 1 amide bonds. The molecule has 0 bridgehead atoms. The SMILES string of the molecule is O=C(Cc1ccccc1)Nc1ccc(Nc2ccc(F)c(F)c2)cc1. The van der Waals surface area contributed by atoms with Gasteiger partial charge in [0.2, 0.25) is 5.91 Å². The molecule has 25 heavy (non-hydrogen) atoms. The highest BCUT2D eigenvalue weighted by Crippen LogP contribution is 2.20. The second kappa shape index (κ2) is 7.57. The molecular weight excluding hydrogens is 322 g/mol. The Hall–Kier alpha value is -3.21. The molecule has 2 N–H and O–H groups in total. The van der Waals surface area contributed by atoms with Crippen LogP contribution in [0.2, 0.25) is 0 Å². The number of benzene rings is 3. The van der Waals surface area contributed by atoms with Gasteiger partial charge in [0.05, 0.1) is 6.42 Å². The second-order valence-electron chi connectivity index (χ2n) is 5.54. The Morgan fingerprint density at radius 1 is 0.760 bits per heavy atom. The molecule has 0 fully saturated rings. The van der Waals surface area contributed by atoms with E-state index in [9.17, 15) is 13.6 Å². The number of carbonyl (C=O) groups excluding carboxylic acids is 1. The van der Waals surface area contributed by atoms with Gasteiger partial charge in [-0.2, -0.15) is 0 Å². The van der Waals surface area contributed by atoms with Gasteiger partial charge < -0.3 is 10.6 Å². The molecule has 0 saturated carbocycles. The Morgan fingerprint density at radius 3 is 2.08 bits per heavy atom. The summed E-state index contributed by atoms with van der Waals surface area (Å²) in [6.07, 6.45) is 0.301. The first-order valence-electron chi connectivity index (χ1n) is 7.76. The van der Waals surface area contributed by atoms with Crippen LogP contribution in [0.15, 0.2) is 72.8 Å². The van der Waals surface area contributed by atoms with Crippen LogP contribution in [0, 0.1) is 11.6 Å². The summed E-state index contributed by atoms with van der Waals surface area (Å²) < 4.78 is 26.1. The van der Waals surface area contributed by atoms with Crippen molar-refractivity contribution in [1.29, 1.82) is 0 Å². The summed E-state index contributed by atoms with van der Waals surface area (Å²) in [7, 11) is 0. The van der Waals surface area contributed by atoms with E-state index in [1.54, 1.807) is 24.3 Å². The monoisotopic (exact) mass is 338 g/mol. The minimum atomic E-state index is -0.908. The van der Waals surface area contributed by atoms with Crippen molar-refractivity contribution in [2.75, 3.05) is 10.6 Å². The van der Waals surface area contributed by atoms with E-state index >= 15 is 0 Å². The topological polar surface area (TPSA) is 41.1 Å². The number of halogens is 2. The van der Waals surface area contributed by atoms with Gasteiger partial charge in [-0.1, -0.05) is 30.3 Å². The first-order chi connectivity index (χ1) is 12.1. The molecule has 0 spiro atoms. The molecule has 126 valence electrons. The van der Waals surface area contributed by atoms with Crippen LogP contribution in [-0.2, 0) is 11.2 Å². The first kappa shape index (κ1) is 16.6. The van der Waals surface area contributed by atoms with E-state index in [-0.39, 0.29) is 5.91 Å². The Bertz CT molecular complexity index is 865. The standard InChI is InChI=1S/C20H16F2N2O/c21-18-11-10-17(13-19(18)22)23-15-6-8-16(9-7-15)24-20(25)12-14-4-2-1-3-5-14/h1-11,13,23H,12H2,(H,24,25). The number of carbonyl (C=O) groups is 1. The van der Waals surface area contributed by atoms with Crippen molar-refractivity contribution in [1.82, 2.24) is 0 Å². The third-order valence-corrected chi connectivity index (χ3v) is 3.58. The molecule has 0 saturated heterocycles. The third kappa shape index (κ3) is 4.64. The van der Waals surface area contributed by atoms with Crippen molar-refractivity contribution in [3.8, 4) is 0 Å². The van der Waals surface area contributed by atoms with Crippen LogP contribution >= 0.6 is 0 Å².